The maximum Gasteiger partial charge on any atom is 0.270 e. The first kappa shape index (κ1) is 21.0. The molecule has 0 saturated carbocycles. The molecule has 2 aliphatic rings. The number of nitrogens with zero attached hydrogens (tertiary/aromatic N) is 4. The minimum absolute atomic E-state index is 0.107. The highest BCUT2D eigenvalue weighted by Gasteiger charge is 2.21. The first-order chi connectivity index (χ1) is 14.7. The Bertz CT molecular complexity index is 817. The molecule has 30 heavy (non-hydrogen) atoms. The summed E-state index contributed by atoms with van der Waals surface area (Å²) in [6.07, 6.45) is 0.925. The lowest BCUT2D eigenvalue weighted by Gasteiger charge is -2.36. The smallest absolute Gasteiger partial charge is 0.270 e. The Morgan fingerprint density at radius 1 is 1.07 bits per heavy atom. The summed E-state index contributed by atoms with van der Waals surface area (Å²) in [7, 11) is 0. The van der Waals surface area contributed by atoms with Gasteiger partial charge in [0.2, 0.25) is 0 Å². The van der Waals surface area contributed by atoms with Crippen LogP contribution in [0.3, 0.4) is 0 Å². The van der Waals surface area contributed by atoms with Crippen molar-refractivity contribution in [2.24, 2.45) is 0 Å². The van der Waals surface area contributed by atoms with E-state index in [0.29, 0.717) is 12.2 Å². The predicted molar refractivity (Wildman–Crippen MR) is 117 cm³/mol. The van der Waals surface area contributed by atoms with Gasteiger partial charge in [-0.1, -0.05) is 0 Å². The Balaban J connectivity index is 1.21. The Labute approximate surface area is 180 Å². The van der Waals surface area contributed by atoms with Crippen LogP contribution in [0.15, 0.2) is 29.6 Å². The third kappa shape index (κ3) is 5.47. The van der Waals surface area contributed by atoms with Crippen LogP contribution in [0.25, 0.3) is 0 Å². The molecule has 162 valence electrons. The standard InChI is InChI=1S/C21H28FN5O2S/c22-17-2-4-18(5-3-17)26-8-10-27(11-9-26)21-24-19(16-30-21)20(28)23-6-1-7-25-12-14-29-15-13-25/h2-5,16H,1,6-15H2,(H,23,28). The molecule has 2 fully saturated rings. The van der Waals surface area contributed by atoms with Crippen LogP contribution >= 0.6 is 11.3 Å². The summed E-state index contributed by atoms with van der Waals surface area (Å²) in [5.74, 6) is -0.323. The summed E-state index contributed by atoms with van der Waals surface area (Å²) in [5, 5.41) is 5.69. The van der Waals surface area contributed by atoms with Gasteiger partial charge in [-0.2, -0.15) is 0 Å². The quantitative estimate of drug-likeness (QED) is 0.675. The number of anilines is 2. The number of ether oxygens (including phenoxy) is 1. The molecule has 2 aliphatic heterocycles. The molecule has 2 saturated heterocycles. The number of amides is 1. The Morgan fingerprint density at radius 3 is 2.50 bits per heavy atom. The SMILES string of the molecule is O=C(NCCCN1CCOCC1)c1csc(N2CCN(c3ccc(F)cc3)CC2)n1. The number of hydrogen-bond acceptors (Lipinski definition) is 7. The molecule has 7 nitrogen and oxygen atoms in total. The van der Waals surface area contributed by atoms with Crippen LogP contribution in [0, 0.1) is 5.82 Å². The van der Waals surface area contributed by atoms with Gasteiger partial charge in [0, 0.05) is 56.9 Å². The van der Waals surface area contributed by atoms with E-state index >= 15 is 0 Å². The van der Waals surface area contributed by atoms with Crippen LogP contribution in [0.1, 0.15) is 16.9 Å². The number of aromatic nitrogens is 1. The van der Waals surface area contributed by atoms with E-state index in [2.05, 4.69) is 25.0 Å². The van der Waals surface area contributed by atoms with Gasteiger partial charge in [0.1, 0.15) is 11.5 Å². The maximum atomic E-state index is 13.1. The minimum Gasteiger partial charge on any atom is -0.379 e. The van der Waals surface area contributed by atoms with Crippen LogP contribution in [-0.2, 0) is 4.74 Å². The predicted octanol–water partition coefficient (Wildman–Crippen LogP) is 2.06. The van der Waals surface area contributed by atoms with E-state index in [1.54, 1.807) is 0 Å². The summed E-state index contributed by atoms with van der Waals surface area (Å²) in [5.41, 5.74) is 1.52. The molecular formula is C21H28FN5O2S. The highest BCUT2D eigenvalue weighted by Crippen LogP contribution is 2.24. The lowest BCUT2D eigenvalue weighted by molar-refractivity contribution is 0.0374. The summed E-state index contributed by atoms with van der Waals surface area (Å²) in [4.78, 5) is 23.8. The first-order valence-electron chi connectivity index (χ1n) is 10.5. The average Bonchev–Trinajstić information content (AvgIpc) is 3.28. The first-order valence-corrected chi connectivity index (χ1v) is 11.4. The van der Waals surface area contributed by atoms with Crippen molar-refractivity contribution in [3.8, 4) is 0 Å². The van der Waals surface area contributed by atoms with Gasteiger partial charge in [0.15, 0.2) is 5.13 Å². The number of rotatable bonds is 7. The fourth-order valence-electron chi connectivity index (χ4n) is 3.74. The molecule has 0 spiro atoms. The highest BCUT2D eigenvalue weighted by molar-refractivity contribution is 7.13. The van der Waals surface area contributed by atoms with E-state index in [0.717, 1.165) is 76.3 Å². The van der Waals surface area contributed by atoms with Crippen LogP contribution in [0.2, 0.25) is 0 Å². The zero-order valence-corrected chi connectivity index (χ0v) is 17.9. The highest BCUT2D eigenvalue weighted by atomic mass is 32.1. The van der Waals surface area contributed by atoms with Gasteiger partial charge in [0.25, 0.3) is 5.91 Å². The zero-order chi connectivity index (χ0) is 20.8. The van der Waals surface area contributed by atoms with E-state index in [9.17, 15) is 9.18 Å². The number of nitrogens with one attached hydrogen (secondary N) is 1. The molecule has 0 unspecified atom stereocenters. The molecule has 2 aromatic rings. The summed E-state index contributed by atoms with van der Waals surface area (Å²) >= 11 is 1.51. The summed E-state index contributed by atoms with van der Waals surface area (Å²) in [6.45, 7) is 8.50. The second-order valence-electron chi connectivity index (χ2n) is 7.53. The molecule has 0 radical (unpaired) electrons. The van der Waals surface area contributed by atoms with Gasteiger partial charge in [-0.25, -0.2) is 9.37 Å². The van der Waals surface area contributed by atoms with Gasteiger partial charge < -0.3 is 19.9 Å². The minimum atomic E-state index is -0.216. The van der Waals surface area contributed by atoms with Crippen molar-refractivity contribution >= 4 is 28.1 Å². The van der Waals surface area contributed by atoms with E-state index in [1.807, 2.05) is 17.5 Å². The number of thiazole rings is 1. The Kier molecular flexibility index (Phi) is 7.14. The van der Waals surface area contributed by atoms with Crippen molar-refractivity contribution in [3.63, 3.8) is 0 Å². The van der Waals surface area contributed by atoms with Crippen molar-refractivity contribution in [2.75, 3.05) is 75.4 Å². The fraction of sp³-hybridized carbons (Fsp3) is 0.524. The van der Waals surface area contributed by atoms with Gasteiger partial charge in [0.05, 0.1) is 13.2 Å². The number of benzene rings is 1. The average molecular weight is 434 g/mol. The number of carbonyl (C=O) groups excluding carboxylic acids is 1. The molecule has 0 atom stereocenters. The second-order valence-corrected chi connectivity index (χ2v) is 8.37. The number of halogens is 1. The van der Waals surface area contributed by atoms with Crippen LogP contribution in [-0.4, -0.2) is 81.4 Å². The number of hydrogen-bond donors (Lipinski definition) is 1. The summed E-state index contributed by atoms with van der Waals surface area (Å²) < 4.78 is 18.5. The topological polar surface area (TPSA) is 60.9 Å². The van der Waals surface area contributed by atoms with Crippen LogP contribution in [0.4, 0.5) is 15.2 Å². The van der Waals surface area contributed by atoms with Gasteiger partial charge in [-0.05, 0) is 37.2 Å². The van der Waals surface area contributed by atoms with Crippen molar-refractivity contribution < 1.29 is 13.9 Å². The number of piperazine rings is 1. The largest absolute Gasteiger partial charge is 0.379 e. The third-order valence-corrected chi connectivity index (χ3v) is 6.41. The number of morpholine rings is 1. The molecule has 0 bridgehead atoms. The molecule has 1 aromatic heterocycles. The van der Waals surface area contributed by atoms with Crippen LogP contribution in [0.5, 0.6) is 0 Å². The van der Waals surface area contributed by atoms with E-state index in [-0.39, 0.29) is 11.7 Å². The molecule has 3 heterocycles. The van der Waals surface area contributed by atoms with Crippen molar-refractivity contribution in [1.29, 1.82) is 0 Å². The van der Waals surface area contributed by atoms with Crippen molar-refractivity contribution in [3.05, 3.63) is 41.2 Å². The van der Waals surface area contributed by atoms with E-state index in [1.165, 1.54) is 23.5 Å². The van der Waals surface area contributed by atoms with E-state index < -0.39 is 0 Å². The van der Waals surface area contributed by atoms with Gasteiger partial charge >= 0.3 is 0 Å². The maximum absolute atomic E-state index is 13.1. The Morgan fingerprint density at radius 2 is 1.77 bits per heavy atom. The molecule has 1 aromatic carbocycles. The molecule has 1 amide bonds. The third-order valence-electron chi connectivity index (χ3n) is 5.51. The molecule has 9 heteroatoms. The lowest BCUT2D eigenvalue weighted by atomic mass is 10.2. The second kappa shape index (κ2) is 10.2. The fourth-order valence-corrected chi connectivity index (χ4v) is 4.60. The number of carbonyl (C=O) groups is 1. The van der Waals surface area contributed by atoms with Crippen molar-refractivity contribution in [1.82, 2.24) is 15.2 Å². The van der Waals surface area contributed by atoms with Crippen LogP contribution < -0.4 is 15.1 Å². The molecular weight excluding hydrogens is 405 g/mol. The molecule has 0 aliphatic carbocycles. The zero-order valence-electron chi connectivity index (χ0n) is 17.1. The molecule has 4 rings (SSSR count). The summed E-state index contributed by atoms with van der Waals surface area (Å²) in [6, 6.07) is 6.62. The molecule has 1 N–H and O–H groups in total. The monoisotopic (exact) mass is 433 g/mol. The Hall–Kier alpha value is -2.23. The normalized spacial score (nSPS) is 17.9. The van der Waals surface area contributed by atoms with Gasteiger partial charge in [-0.3, -0.25) is 9.69 Å². The van der Waals surface area contributed by atoms with Crippen molar-refractivity contribution in [2.45, 2.75) is 6.42 Å². The lowest BCUT2D eigenvalue weighted by Crippen LogP contribution is -2.46. The van der Waals surface area contributed by atoms with E-state index in [4.69, 9.17) is 4.74 Å². The van der Waals surface area contributed by atoms with Gasteiger partial charge in [-0.15, -0.1) is 11.3 Å².